The van der Waals surface area contributed by atoms with E-state index in [1.807, 2.05) is 13.1 Å². The molecule has 0 atom stereocenters. The Labute approximate surface area is 87.9 Å². The lowest BCUT2D eigenvalue weighted by atomic mass is 10.1. The summed E-state index contributed by atoms with van der Waals surface area (Å²) in [6.07, 6.45) is 2.32. The van der Waals surface area contributed by atoms with E-state index in [-0.39, 0.29) is 12.3 Å². The van der Waals surface area contributed by atoms with Crippen LogP contribution in [0.1, 0.15) is 11.1 Å². The molecular weight excluding hydrogens is 192 g/mol. The average molecular weight is 204 g/mol. The minimum absolute atomic E-state index is 0.201. The molecule has 1 aromatic carbocycles. The molecule has 4 nitrogen and oxygen atoms in total. The molecule has 0 bridgehead atoms. The number of carbonyl (C=O) groups excluding carboxylic acids is 1. The summed E-state index contributed by atoms with van der Waals surface area (Å²) < 4.78 is 0. The maximum Gasteiger partial charge on any atom is 0.235 e. The summed E-state index contributed by atoms with van der Waals surface area (Å²) in [7, 11) is 1.99. The average Bonchev–Trinajstić information content (AvgIpc) is 2.61. The van der Waals surface area contributed by atoms with E-state index in [1.54, 1.807) is 6.07 Å². The quantitative estimate of drug-likeness (QED) is 0.582. The molecule has 1 N–H and O–H groups in total. The molecule has 4 heteroatoms. The first kappa shape index (κ1) is 9.74. The van der Waals surface area contributed by atoms with E-state index in [0.29, 0.717) is 5.56 Å². The predicted molar refractivity (Wildman–Crippen MR) is 56.9 cm³/mol. The van der Waals surface area contributed by atoms with E-state index < -0.39 is 0 Å². The first-order chi connectivity index (χ1) is 7.24. The number of isocyanates is 1. The lowest BCUT2D eigenvalue weighted by Gasteiger charge is -2.12. The molecule has 1 aliphatic heterocycles. The number of phenolic OH excluding ortho intramolecular Hbond substituents is 1. The van der Waals surface area contributed by atoms with Gasteiger partial charge in [-0.3, -0.25) is 0 Å². The van der Waals surface area contributed by atoms with Crippen LogP contribution >= 0.6 is 0 Å². The third kappa shape index (κ3) is 1.60. The molecule has 0 saturated heterocycles. The lowest BCUT2D eigenvalue weighted by Crippen LogP contribution is -2.12. The molecule has 0 aromatic heterocycles. The number of likely N-dealkylation sites (N-methyl/N-ethyl adjacent to an activating group) is 1. The number of rotatable bonds is 2. The monoisotopic (exact) mass is 204 g/mol. The number of fused-ring (bicyclic) bond motifs is 1. The van der Waals surface area contributed by atoms with Gasteiger partial charge in [-0.15, -0.1) is 0 Å². The zero-order chi connectivity index (χ0) is 10.8. The largest absolute Gasteiger partial charge is 0.507 e. The van der Waals surface area contributed by atoms with Crippen molar-refractivity contribution in [2.75, 3.05) is 18.5 Å². The summed E-state index contributed by atoms with van der Waals surface area (Å²) in [5, 5.41) is 9.94. The minimum Gasteiger partial charge on any atom is -0.507 e. The van der Waals surface area contributed by atoms with Crippen molar-refractivity contribution in [3.63, 3.8) is 0 Å². The van der Waals surface area contributed by atoms with Gasteiger partial charge in [-0.2, -0.15) is 0 Å². The highest BCUT2D eigenvalue weighted by molar-refractivity contribution is 5.64. The van der Waals surface area contributed by atoms with Crippen LogP contribution in [0.3, 0.4) is 0 Å². The van der Waals surface area contributed by atoms with Crippen molar-refractivity contribution in [2.24, 2.45) is 4.99 Å². The number of phenols is 1. The van der Waals surface area contributed by atoms with Gasteiger partial charge in [0.15, 0.2) is 0 Å². The third-order valence-corrected chi connectivity index (χ3v) is 2.76. The summed E-state index contributed by atoms with van der Waals surface area (Å²) in [4.78, 5) is 15.6. The van der Waals surface area contributed by atoms with Gasteiger partial charge in [0.05, 0.1) is 6.54 Å². The zero-order valence-electron chi connectivity index (χ0n) is 8.53. The Morgan fingerprint density at radius 2 is 2.40 bits per heavy atom. The molecule has 0 spiro atoms. The van der Waals surface area contributed by atoms with Crippen molar-refractivity contribution in [3.05, 3.63) is 23.3 Å². The van der Waals surface area contributed by atoms with Crippen LogP contribution < -0.4 is 4.90 Å². The van der Waals surface area contributed by atoms with E-state index in [2.05, 4.69) is 9.89 Å². The van der Waals surface area contributed by atoms with Crippen molar-refractivity contribution in [2.45, 2.75) is 13.0 Å². The maximum absolute atomic E-state index is 9.99. The van der Waals surface area contributed by atoms with E-state index in [4.69, 9.17) is 0 Å². The van der Waals surface area contributed by atoms with Crippen LogP contribution in [0.2, 0.25) is 0 Å². The Hall–Kier alpha value is -1.80. The van der Waals surface area contributed by atoms with Crippen molar-refractivity contribution in [1.82, 2.24) is 0 Å². The van der Waals surface area contributed by atoms with Crippen LogP contribution in [0.15, 0.2) is 17.1 Å². The lowest BCUT2D eigenvalue weighted by molar-refractivity contribution is 0.463. The topological polar surface area (TPSA) is 52.9 Å². The summed E-state index contributed by atoms with van der Waals surface area (Å²) in [5.41, 5.74) is 2.70. The Balaban J connectivity index is 2.41. The summed E-state index contributed by atoms with van der Waals surface area (Å²) in [6, 6.07) is 3.76. The number of aliphatic imine (C=N–C) groups is 1. The SMILES string of the molecule is CN1CCc2c1ccc(CN=C=O)c2O. The van der Waals surface area contributed by atoms with E-state index in [9.17, 15) is 9.90 Å². The van der Waals surface area contributed by atoms with Crippen molar-refractivity contribution >= 4 is 11.8 Å². The van der Waals surface area contributed by atoms with Crippen LogP contribution in [0.25, 0.3) is 0 Å². The highest BCUT2D eigenvalue weighted by Gasteiger charge is 2.20. The molecule has 15 heavy (non-hydrogen) atoms. The van der Waals surface area contributed by atoms with Crippen LogP contribution in [-0.4, -0.2) is 24.8 Å². The second-order valence-corrected chi connectivity index (χ2v) is 3.65. The Bertz CT molecular complexity index is 436. The van der Waals surface area contributed by atoms with Crippen molar-refractivity contribution in [3.8, 4) is 5.75 Å². The first-order valence-corrected chi connectivity index (χ1v) is 4.82. The fourth-order valence-electron chi connectivity index (χ4n) is 1.92. The van der Waals surface area contributed by atoms with Crippen LogP contribution in [-0.2, 0) is 17.8 Å². The first-order valence-electron chi connectivity index (χ1n) is 4.82. The molecule has 1 aliphatic rings. The highest BCUT2D eigenvalue weighted by atomic mass is 16.3. The van der Waals surface area contributed by atoms with E-state index in [1.165, 1.54) is 6.08 Å². The number of benzene rings is 1. The zero-order valence-corrected chi connectivity index (χ0v) is 8.53. The van der Waals surface area contributed by atoms with Crippen LogP contribution in [0.5, 0.6) is 5.75 Å². The number of anilines is 1. The van der Waals surface area contributed by atoms with Gasteiger partial charge in [0.2, 0.25) is 6.08 Å². The molecule has 0 unspecified atom stereocenters. The van der Waals surface area contributed by atoms with Gasteiger partial charge in [0.1, 0.15) is 5.75 Å². The second kappa shape index (κ2) is 3.75. The summed E-state index contributed by atoms with van der Waals surface area (Å²) in [5.74, 6) is 0.274. The molecule has 0 aliphatic carbocycles. The third-order valence-electron chi connectivity index (χ3n) is 2.76. The van der Waals surface area contributed by atoms with Gasteiger partial charge in [-0.1, -0.05) is 6.07 Å². The molecular formula is C11H12N2O2. The predicted octanol–water partition coefficient (Wildman–Crippen LogP) is 1.22. The van der Waals surface area contributed by atoms with Gasteiger partial charge in [0.25, 0.3) is 0 Å². The van der Waals surface area contributed by atoms with E-state index in [0.717, 1.165) is 24.2 Å². The van der Waals surface area contributed by atoms with Crippen LogP contribution in [0.4, 0.5) is 5.69 Å². The standard InChI is InChI=1S/C11H12N2O2/c1-13-5-4-9-10(13)3-2-8(11(9)15)6-12-7-14/h2-3,15H,4-6H2,1H3. The summed E-state index contributed by atoms with van der Waals surface area (Å²) >= 11 is 0. The summed E-state index contributed by atoms with van der Waals surface area (Å²) in [6.45, 7) is 1.12. The molecule has 0 saturated carbocycles. The smallest absolute Gasteiger partial charge is 0.235 e. The van der Waals surface area contributed by atoms with Crippen LogP contribution in [0, 0.1) is 0 Å². The molecule has 1 heterocycles. The van der Waals surface area contributed by atoms with Gasteiger partial charge < -0.3 is 10.0 Å². The second-order valence-electron chi connectivity index (χ2n) is 3.65. The molecule has 0 amide bonds. The molecule has 78 valence electrons. The fraction of sp³-hybridized carbons (Fsp3) is 0.364. The Morgan fingerprint density at radius 3 is 3.13 bits per heavy atom. The number of nitrogens with zero attached hydrogens (tertiary/aromatic N) is 2. The van der Waals surface area contributed by atoms with E-state index >= 15 is 0 Å². The normalized spacial score (nSPS) is 13.5. The molecule has 2 rings (SSSR count). The fourth-order valence-corrected chi connectivity index (χ4v) is 1.92. The molecule has 1 aromatic rings. The molecule has 0 fully saturated rings. The minimum atomic E-state index is 0.201. The van der Waals surface area contributed by atoms with Gasteiger partial charge in [-0.05, 0) is 12.5 Å². The number of hydrogen-bond acceptors (Lipinski definition) is 4. The van der Waals surface area contributed by atoms with Crippen molar-refractivity contribution in [1.29, 1.82) is 0 Å². The van der Waals surface area contributed by atoms with Crippen molar-refractivity contribution < 1.29 is 9.90 Å². The highest BCUT2D eigenvalue weighted by Crippen LogP contribution is 2.36. The van der Waals surface area contributed by atoms with Gasteiger partial charge in [0, 0.05) is 30.4 Å². The maximum atomic E-state index is 9.99. The van der Waals surface area contributed by atoms with Gasteiger partial charge in [-0.25, -0.2) is 9.79 Å². The molecule has 0 radical (unpaired) electrons. The van der Waals surface area contributed by atoms with Gasteiger partial charge >= 0.3 is 0 Å². The number of hydrogen-bond donors (Lipinski definition) is 1. The Kier molecular flexibility index (Phi) is 2.44. The number of aromatic hydroxyl groups is 1. The Morgan fingerprint density at radius 1 is 1.60 bits per heavy atom.